The molecule has 2 aromatic heterocycles. The number of amides is 1. The first-order valence-electron chi connectivity index (χ1n) is 9.25. The molecule has 30 heavy (non-hydrogen) atoms. The fourth-order valence-electron chi connectivity index (χ4n) is 2.81. The van der Waals surface area contributed by atoms with Crippen LogP contribution in [0.5, 0.6) is 5.75 Å². The van der Waals surface area contributed by atoms with E-state index in [4.69, 9.17) is 9.15 Å². The van der Waals surface area contributed by atoms with Crippen LogP contribution in [0.1, 0.15) is 32.9 Å². The fraction of sp³-hybridized carbons (Fsp3) is 0.0870. The summed E-state index contributed by atoms with van der Waals surface area (Å²) in [7, 11) is 0. The maximum Gasteiger partial charge on any atom is 0.293 e. The van der Waals surface area contributed by atoms with E-state index in [0.29, 0.717) is 27.2 Å². The van der Waals surface area contributed by atoms with Crippen molar-refractivity contribution in [3.8, 4) is 17.0 Å². The SMILES string of the molecule is CC(=O)c1sc(NC(=O)c2ccc(COc3ccccc3)o2)nc1-c1ccccc1. The monoisotopic (exact) mass is 418 g/mol. The van der Waals surface area contributed by atoms with Gasteiger partial charge in [0.15, 0.2) is 16.7 Å². The zero-order chi connectivity index (χ0) is 20.9. The van der Waals surface area contributed by atoms with Crippen LogP contribution in [0.2, 0.25) is 0 Å². The second kappa shape index (κ2) is 8.75. The number of carbonyl (C=O) groups is 2. The number of benzene rings is 2. The molecule has 1 amide bonds. The zero-order valence-electron chi connectivity index (χ0n) is 16.1. The third-order valence-electron chi connectivity index (χ3n) is 4.22. The van der Waals surface area contributed by atoms with Crippen LogP contribution in [0.15, 0.2) is 77.2 Å². The van der Waals surface area contributed by atoms with Gasteiger partial charge in [-0.05, 0) is 24.3 Å². The van der Waals surface area contributed by atoms with Gasteiger partial charge in [-0.15, -0.1) is 0 Å². The number of ketones is 1. The summed E-state index contributed by atoms with van der Waals surface area (Å²) in [5.74, 6) is 0.836. The van der Waals surface area contributed by atoms with E-state index >= 15 is 0 Å². The number of hydrogen-bond acceptors (Lipinski definition) is 6. The average Bonchev–Trinajstić information content (AvgIpc) is 3.41. The molecule has 4 aromatic rings. The van der Waals surface area contributed by atoms with E-state index in [-0.39, 0.29) is 18.2 Å². The first-order chi connectivity index (χ1) is 14.6. The van der Waals surface area contributed by atoms with Crippen LogP contribution in [0, 0.1) is 0 Å². The Bertz CT molecular complexity index is 1170. The molecule has 0 saturated heterocycles. The van der Waals surface area contributed by atoms with Gasteiger partial charge >= 0.3 is 0 Å². The Balaban J connectivity index is 1.46. The normalized spacial score (nSPS) is 10.6. The molecule has 0 aliphatic carbocycles. The molecule has 7 heteroatoms. The van der Waals surface area contributed by atoms with E-state index in [2.05, 4.69) is 10.3 Å². The second-order valence-corrected chi connectivity index (χ2v) is 7.44. The molecule has 4 rings (SSSR count). The fourth-order valence-corrected chi connectivity index (χ4v) is 3.69. The summed E-state index contributed by atoms with van der Waals surface area (Å²) < 4.78 is 11.2. The molecule has 0 spiro atoms. The molecular formula is C23H18N2O4S. The highest BCUT2D eigenvalue weighted by Crippen LogP contribution is 2.31. The number of anilines is 1. The van der Waals surface area contributed by atoms with Gasteiger partial charge in [-0.25, -0.2) is 4.98 Å². The van der Waals surface area contributed by atoms with Gasteiger partial charge in [0.1, 0.15) is 18.1 Å². The van der Waals surface area contributed by atoms with E-state index in [1.807, 2.05) is 60.7 Å². The largest absolute Gasteiger partial charge is 0.486 e. The Kier molecular flexibility index (Phi) is 5.72. The van der Waals surface area contributed by atoms with Crippen molar-refractivity contribution in [3.05, 3.63) is 89.2 Å². The number of Topliss-reactive ketones (excluding diaryl/α,β-unsaturated/α-hetero) is 1. The highest BCUT2D eigenvalue weighted by atomic mass is 32.1. The Labute approximate surface area is 177 Å². The van der Waals surface area contributed by atoms with Gasteiger partial charge in [0.25, 0.3) is 5.91 Å². The van der Waals surface area contributed by atoms with Crippen LogP contribution in [0.4, 0.5) is 5.13 Å². The number of para-hydroxylation sites is 1. The van der Waals surface area contributed by atoms with Gasteiger partial charge in [0.05, 0.1) is 10.6 Å². The lowest BCUT2D eigenvalue weighted by Gasteiger charge is -2.03. The molecule has 2 aromatic carbocycles. The van der Waals surface area contributed by atoms with Crippen molar-refractivity contribution in [2.45, 2.75) is 13.5 Å². The number of aromatic nitrogens is 1. The Hall–Kier alpha value is -3.71. The number of ether oxygens (including phenoxy) is 1. The van der Waals surface area contributed by atoms with Gasteiger partial charge < -0.3 is 9.15 Å². The maximum absolute atomic E-state index is 12.6. The molecule has 150 valence electrons. The molecule has 2 heterocycles. The molecule has 6 nitrogen and oxygen atoms in total. The maximum atomic E-state index is 12.6. The summed E-state index contributed by atoms with van der Waals surface area (Å²) in [5.41, 5.74) is 1.37. The van der Waals surface area contributed by atoms with Gasteiger partial charge in [0, 0.05) is 12.5 Å². The lowest BCUT2D eigenvalue weighted by Crippen LogP contribution is -2.10. The van der Waals surface area contributed by atoms with E-state index < -0.39 is 5.91 Å². The minimum Gasteiger partial charge on any atom is -0.486 e. The molecule has 1 N–H and O–H groups in total. The summed E-state index contributed by atoms with van der Waals surface area (Å²) in [6.45, 7) is 1.69. The summed E-state index contributed by atoms with van der Waals surface area (Å²) in [6.07, 6.45) is 0. The van der Waals surface area contributed by atoms with Crippen molar-refractivity contribution in [1.29, 1.82) is 0 Å². The molecule has 0 fully saturated rings. The number of nitrogens with one attached hydrogen (secondary N) is 1. The standard InChI is InChI=1S/C23H18N2O4S/c1-15(26)21-20(16-8-4-2-5-9-16)24-23(30-21)25-22(27)19-13-12-18(29-19)14-28-17-10-6-3-7-11-17/h2-13H,14H2,1H3,(H,24,25,27). The van der Waals surface area contributed by atoms with E-state index in [1.165, 1.54) is 6.92 Å². The van der Waals surface area contributed by atoms with Gasteiger partial charge in [-0.2, -0.15) is 0 Å². The highest BCUT2D eigenvalue weighted by Gasteiger charge is 2.19. The first-order valence-corrected chi connectivity index (χ1v) is 10.1. The molecular weight excluding hydrogens is 400 g/mol. The van der Waals surface area contributed by atoms with Gasteiger partial charge in [0.2, 0.25) is 0 Å². The van der Waals surface area contributed by atoms with Crippen molar-refractivity contribution in [1.82, 2.24) is 4.98 Å². The van der Waals surface area contributed by atoms with Crippen molar-refractivity contribution < 1.29 is 18.7 Å². The number of hydrogen-bond donors (Lipinski definition) is 1. The quantitative estimate of drug-likeness (QED) is 0.404. The van der Waals surface area contributed by atoms with Crippen LogP contribution < -0.4 is 10.1 Å². The predicted molar refractivity (Wildman–Crippen MR) is 115 cm³/mol. The van der Waals surface area contributed by atoms with Crippen LogP contribution in [-0.4, -0.2) is 16.7 Å². The molecule has 0 atom stereocenters. The number of carbonyl (C=O) groups excluding carboxylic acids is 2. The second-order valence-electron chi connectivity index (χ2n) is 6.44. The number of thiazole rings is 1. The third-order valence-corrected chi connectivity index (χ3v) is 5.30. The van der Waals surface area contributed by atoms with Crippen molar-refractivity contribution >= 4 is 28.2 Å². The Morgan fingerprint density at radius 3 is 2.40 bits per heavy atom. The van der Waals surface area contributed by atoms with Gasteiger partial charge in [-0.1, -0.05) is 59.9 Å². The molecule has 0 bridgehead atoms. The Morgan fingerprint density at radius 1 is 1.00 bits per heavy atom. The smallest absolute Gasteiger partial charge is 0.293 e. The van der Waals surface area contributed by atoms with Crippen molar-refractivity contribution in [2.24, 2.45) is 0 Å². The average molecular weight is 418 g/mol. The molecule has 0 aliphatic heterocycles. The van der Waals surface area contributed by atoms with Crippen molar-refractivity contribution in [2.75, 3.05) is 5.32 Å². The topological polar surface area (TPSA) is 81.4 Å². The summed E-state index contributed by atoms with van der Waals surface area (Å²) in [5, 5.41) is 3.05. The van der Waals surface area contributed by atoms with Crippen LogP contribution in [0.3, 0.4) is 0 Å². The van der Waals surface area contributed by atoms with Crippen LogP contribution in [0.25, 0.3) is 11.3 Å². The molecule has 0 unspecified atom stereocenters. The Morgan fingerprint density at radius 2 is 1.70 bits per heavy atom. The lowest BCUT2D eigenvalue weighted by atomic mass is 10.1. The molecule has 0 aliphatic rings. The van der Waals surface area contributed by atoms with Gasteiger partial charge in [-0.3, -0.25) is 14.9 Å². The first kappa shape index (κ1) is 19.6. The number of rotatable bonds is 7. The lowest BCUT2D eigenvalue weighted by molar-refractivity contribution is 0.0990. The van der Waals surface area contributed by atoms with E-state index in [0.717, 1.165) is 16.9 Å². The highest BCUT2D eigenvalue weighted by molar-refractivity contribution is 7.18. The van der Waals surface area contributed by atoms with Crippen molar-refractivity contribution in [3.63, 3.8) is 0 Å². The zero-order valence-corrected chi connectivity index (χ0v) is 16.9. The molecule has 0 saturated carbocycles. The third kappa shape index (κ3) is 4.47. The minimum atomic E-state index is -0.440. The number of furan rings is 1. The number of nitrogens with zero attached hydrogens (tertiary/aromatic N) is 1. The van der Waals surface area contributed by atoms with Crippen LogP contribution >= 0.6 is 11.3 Å². The summed E-state index contributed by atoms with van der Waals surface area (Å²) >= 11 is 1.14. The minimum absolute atomic E-state index is 0.106. The summed E-state index contributed by atoms with van der Waals surface area (Å²) in [4.78, 5) is 29.5. The molecule has 0 radical (unpaired) electrons. The van der Waals surface area contributed by atoms with E-state index in [1.54, 1.807) is 12.1 Å². The summed E-state index contributed by atoms with van der Waals surface area (Å²) in [6, 6.07) is 22.0. The van der Waals surface area contributed by atoms with Crippen LogP contribution in [-0.2, 0) is 6.61 Å². The van der Waals surface area contributed by atoms with E-state index in [9.17, 15) is 9.59 Å². The predicted octanol–water partition coefficient (Wildman–Crippen LogP) is 5.44.